The predicted molar refractivity (Wildman–Crippen MR) is 131 cm³/mol. The zero-order valence-electron chi connectivity index (χ0n) is 21.0. The Bertz CT molecular complexity index is 1250. The number of hydrogen-bond donors (Lipinski definition) is 2. The highest BCUT2D eigenvalue weighted by Crippen LogP contribution is 2.50. The minimum Gasteiger partial charge on any atom is -0.506 e. The fourth-order valence-electron chi connectivity index (χ4n) is 6.87. The number of fused-ring (bicyclic) bond motifs is 3. The van der Waals surface area contributed by atoms with E-state index in [-0.39, 0.29) is 36.3 Å². The molecule has 5 rings (SSSR count). The highest BCUT2D eigenvalue weighted by molar-refractivity contribution is 6.28. The summed E-state index contributed by atoms with van der Waals surface area (Å²) in [5.41, 5.74) is 6.41. The summed E-state index contributed by atoms with van der Waals surface area (Å²) in [6.07, 6.45) is 3.20. The number of phenolic OH excluding ortho intramolecular Hbond substituents is 1. The summed E-state index contributed by atoms with van der Waals surface area (Å²) in [6, 6.07) is 1.61. The maximum absolute atomic E-state index is 13.9. The van der Waals surface area contributed by atoms with Crippen LogP contribution in [0.5, 0.6) is 5.75 Å². The van der Waals surface area contributed by atoms with Gasteiger partial charge in [0.1, 0.15) is 5.75 Å². The summed E-state index contributed by atoms with van der Waals surface area (Å²) in [4.78, 5) is 81.5. The lowest BCUT2D eigenvalue weighted by Crippen LogP contribution is -2.56. The molecule has 0 aromatic heterocycles. The van der Waals surface area contributed by atoms with Gasteiger partial charge >= 0.3 is 0 Å². The van der Waals surface area contributed by atoms with Gasteiger partial charge in [-0.15, -0.1) is 0 Å². The zero-order valence-corrected chi connectivity index (χ0v) is 21.0. The van der Waals surface area contributed by atoms with E-state index in [2.05, 4.69) is 0 Å². The van der Waals surface area contributed by atoms with Gasteiger partial charge in [0.2, 0.25) is 5.91 Å². The van der Waals surface area contributed by atoms with Crippen molar-refractivity contribution in [2.45, 2.75) is 38.5 Å². The van der Waals surface area contributed by atoms with Crippen LogP contribution in [-0.2, 0) is 25.6 Å². The van der Waals surface area contributed by atoms with Gasteiger partial charge in [0.05, 0.1) is 23.0 Å². The number of hydrogen-bond acceptors (Lipinski definition) is 8. The number of likely N-dealkylation sites (tertiary alicyclic amines) is 1. The van der Waals surface area contributed by atoms with E-state index in [1.165, 1.54) is 0 Å². The first-order valence-electron chi connectivity index (χ1n) is 12.8. The second kappa shape index (κ2) is 9.08. The van der Waals surface area contributed by atoms with Crippen LogP contribution in [0.25, 0.3) is 0 Å². The first kappa shape index (κ1) is 25.1. The fourth-order valence-corrected chi connectivity index (χ4v) is 6.87. The van der Waals surface area contributed by atoms with E-state index in [0.29, 0.717) is 24.3 Å². The Morgan fingerprint density at radius 3 is 2.24 bits per heavy atom. The molecule has 1 aromatic rings. The van der Waals surface area contributed by atoms with E-state index < -0.39 is 64.4 Å². The third kappa shape index (κ3) is 3.84. The molecule has 37 heavy (non-hydrogen) atoms. The molecule has 4 aliphatic rings. The van der Waals surface area contributed by atoms with Crippen LogP contribution in [0, 0.1) is 29.6 Å². The number of phenols is 1. The van der Waals surface area contributed by atoms with Crippen LogP contribution in [0.1, 0.15) is 58.4 Å². The number of ketones is 4. The van der Waals surface area contributed by atoms with E-state index >= 15 is 0 Å². The topological polar surface area (TPSA) is 155 Å². The molecule has 2 amide bonds. The molecule has 0 bridgehead atoms. The number of nitrogens with two attached hydrogens (primary N) is 1. The first-order valence-corrected chi connectivity index (χ1v) is 12.8. The molecule has 1 saturated heterocycles. The van der Waals surface area contributed by atoms with Gasteiger partial charge in [-0.2, -0.15) is 0 Å². The molecular formula is C27H31N3O7. The third-order valence-electron chi connectivity index (χ3n) is 8.56. The van der Waals surface area contributed by atoms with Crippen LogP contribution in [0.15, 0.2) is 6.07 Å². The maximum Gasteiger partial charge on any atom is 0.257 e. The summed E-state index contributed by atoms with van der Waals surface area (Å²) < 4.78 is 0. The van der Waals surface area contributed by atoms with Crippen LogP contribution in [0.2, 0.25) is 0 Å². The number of anilines is 1. The summed E-state index contributed by atoms with van der Waals surface area (Å²) in [6.45, 7) is 1.13. The fraction of sp³-hybridized carbons (Fsp3) is 0.556. The van der Waals surface area contributed by atoms with Gasteiger partial charge in [-0.05, 0) is 55.6 Å². The molecule has 1 heterocycles. The molecular weight excluding hydrogens is 478 g/mol. The van der Waals surface area contributed by atoms with E-state index in [1.807, 2.05) is 0 Å². The second-order valence-electron chi connectivity index (χ2n) is 11.0. The van der Waals surface area contributed by atoms with Crippen molar-refractivity contribution in [3.05, 3.63) is 22.8 Å². The van der Waals surface area contributed by atoms with Crippen molar-refractivity contribution in [3.8, 4) is 5.75 Å². The van der Waals surface area contributed by atoms with Crippen molar-refractivity contribution in [2.75, 3.05) is 32.1 Å². The molecule has 196 valence electrons. The number of primary amides is 1. The highest BCUT2D eigenvalue weighted by Gasteiger charge is 2.57. The Morgan fingerprint density at radius 1 is 0.973 bits per heavy atom. The van der Waals surface area contributed by atoms with Crippen LogP contribution in [0.4, 0.5) is 5.69 Å². The lowest BCUT2D eigenvalue weighted by atomic mass is 9.56. The number of rotatable bonds is 3. The molecule has 10 heteroatoms. The van der Waals surface area contributed by atoms with E-state index in [9.17, 15) is 33.9 Å². The van der Waals surface area contributed by atoms with E-state index in [4.69, 9.17) is 5.73 Å². The molecule has 10 nitrogen and oxygen atoms in total. The maximum atomic E-state index is 13.9. The lowest BCUT2D eigenvalue weighted by Gasteiger charge is -2.44. The Hall–Kier alpha value is -3.56. The number of nitrogens with zero attached hydrogens (tertiary/aromatic N) is 2. The van der Waals surface area contributed by atoms with Crippen molar-refractivity contribution in [2.24, 2.45) is 35.3 Å². The Labute approximate surface area is 214 Å². The standard InChI is InChI=1S/C27H31N3O7/c1-29(2)16-11-15(27(37)30-6-4-3-5-7-30)22(32)20-14(16)9-12-8-13-10-17(31)21(26(28)36)25(35)19(13)23(33)18(12)24(20)34/h11-13,18-19,21,32H,3-10H2,1-2H3,(H2,28,36). The minimum atomic E-state index is -1.67. The van der Waals surface area contributed by atoms with Gasteiger partial charge < -0.3 is 20.6 Å². The van der Waals surface area contributed by atoms with Gasteiger partial charge in [0.25, 0.3) is 5.91 Å². The second-order valence-corrected chi connectivity index (χ2v) is 11.0. The van der Waals surface area contributed by atoms with Gasteiger partial charge in [-0.25, -0.2) is 0 Å². The molecule has 1 aromatic carbocycles. The van der Waals surface area contributed by atoms with Gasteiger partial charge in [-0.1, -0.05) is 0 Å². The normalized spacial score (nSPS) is 29.4. The van der Waals surface area contributed by atoms with Crippen molar-refractivity contribution >= 4 is 40.6 Å². The van der Waals surface area contributed by atoms with E-state index in [0.717, 1.165) is 19.3 Å². The number of Topliss-reactive ketones (excluding diaryl/α,β-unsaturated/α-hetero) is 4. The summed E-state index contributed by atoms with van der Waals surface area (Å²) >= 11 is 0. The first-order chi connectivity index (χ1) is 17.5. The van der Waals surface area contributed by atoms with Crippen molar-refractivity contribution in [3.63, 3.8) is 0 Å². The Kier molecular flexibility index (Phi) is 6.16. The largest absolute Gasteiger partial charge is 0.506 e. The average Bonchev–Trinajstić information content (AvgIpc) is 2.83. The molecule has 5 atom stereocenters. The summed E-state index contributed by atoms with van der Waals surface area (Å²) in [5, 5.41) is 11.3. The van der Waals surface area contributed by atoms with Crippen molar-refractivity contribution in [1.29, 1.82) is 0 Å². The number of aromatic hydroxyl groups is 1. The van der Waals surface area contributed by atoms with Crippen LogP contribution in [0.3, 0.4) is 0 Å². The molecule has 0 radical (unpaired) electrons. The molecule has 5 unspecified atom stereocenters. The smallest absolute Gasteiger partial charge is 0.257 e. The SMILES string of the molecule is CN(C)c1cc(C(=O)N2CCCCC2)c(O)c2c1CC1CC3CC(=O)C(C(N)=O)C(=O)C3C(=O)C1C2=O. The minimum absolute atomic E-state index is 0.0189. The molecule has 3 N–H and O–H groups in total. The third-order valence-corrected chi connectivity index (χ3v) is 8.56. The number of carbonyl (C=O) groups excluding carboxylic acids is 6. The Balaban J connectivity index is 1.57. The van der Waals surface area contributed by atoms with Gasteiger partial charge in [-0.3, -0.25) is 28.8 Å². The monoisotopic (exact) mass is 509 g/mol. The van der Waals surface area contributed by atoms with Gasteiger partial charge in [0.15, 0.2) is 29.1 Å². The molecule has 0 spiro atoms. The van der Waals surface area contributed by atoms with Crippen LogP contribution in [-0.4, -0.2) is 72.1 Å². The summed E-state index contributed by atoms with van der Waals surface area (Å²) in [7, 11) is 3.56. The van der Waals surface area contributed by atoms with Crippen molar-refractivity contribution in [1.82, 2.24) is 4.90 Å². The molecule has 2 saturated carbocycles. The van der Waals surface area contributed by atoms with E-state index in [1.54, 1.807) is 30.0 Å². The van der Waals surface area contributed by atoms with Crippen molar-refractivity contribution < 1.29 is 33.9 Å². The van der Waals surface area contributed by atoms with Gasteiger partial charge in [0, 0.05) is 39.3 Å². The Morgan fingerprint density at radius 2 is 1.62 bits per heavy atom. The lowest BCUT2D eigenvalue weighted by molar-refractivity contribution is -0.152. The van der Waals surface area contributed by atoms with Crippen LogP contribution < -0.4 is 10.6 Å². The number of piperidine rings is 1. The van der Waals surface area contributed by atoms with Crippen LogP contribution >= 0.6 is 0 Å². The number of benzene rings is 1. The number of amides is 2. The average molecular weight is 510 g/mol. The predicted octanol–water partition coefficient (Wildman–Crippen LogP) is 0.904. The summed E-state index contributed by atoms with van der Waals surface area (Å²) in [5.74, 6) is -9.71. The zero-order chi connectivity index (χ0) is 26.8. The number of carbonyl (C=O) groups is 6. The molecule has 3 aliphatic carbocycles. The molecule has 3 fully saturated rings. The quantitative estimate of drug-likeness (QED) is 0.570. The molecule has 1 aliphatic heterocycles. The highest BCUT2D eigenvalue weighted by atomic mass is 16.3.